The van der Waals surface area contributed by atoms with E-state index in [4.69, 9.17) is 22.1 Å². The van der Waals surface area contributed by atoms with Crippen molar-refractivity contribution in [2.75, 3.05) is 7.05 Å². The summed E-state index contributed by atoms with van der Waals surface area (Å²) in [5, 5.41) is 3.72. The van der Waals surface area contributed by atoms with Gasteiger partial charge in [-0.15, -0.1) is 0 Å². The van der Waals surface area contributed by atoms with E-state index < -0.39 is 5.91 Å². The van der Waals surface area contributed by atoms with E-state index in [-0.39, 0.29) is 0 Å². The lowest BCUT2D eigenvalue weighted by atomic mass is 10.2. The number of amides is 1. The highest BCUT2D eigenvalue weighted by Crippen LogP contribution is 2.28. The number of ether oxygens (including phenoxy) is 1. The Balaban J connectivity index is 2.22. The fraction of sp³-hybridized carbons (Fsp3) is 0.133. The van der Waals surface area contributed by atoms with Crippen LogP contribution in [-0.2, 0) is 6.54 Å². The van der Waals surface area contributed by atoms with Gasteiger partial charge in [0.1, 0.15) is 11.5 Å². The molecule has 1 amide bonds. The minimum atomic E-state index is -0.459. The molecule has 2 rings (SSSR count). The topological polar surface area (TPSA) is 64.3 Å². The third-order valence-corrected chi connectivity index (χ3v) is 2.99. The molecule has 5 heteroatoms. The average molecular weight is 291 g/mol. The maximum Gasteiger partial charge on any atom is 0.248 e. The standard InChI is InChI=1S/C15H15ClN2O2/c1-18-9-11-8-12(16)4-7-14(11)20-13-5-2-10(3-6-13)15(17)19/h2-8,18H,9H2,1H3,(H2,17,19). The Morgan fingerprint density at radius 3 is 2.55 bits per heavy atom. The number of hydrogen-bond acceptors (Lipinski definition) is 3. The molecule has 0 aliphatic heterocycles. The van der Waals surface area contributed by atoms with Gasteiger partial charge in [-0.25, -0.2) is 0 Å². The lowest BCUT2D eigenvalue weighted by Crippen LogP contribution is -2.10. The summed E-state index contributed by atoms with van der Waals surface area (Å²) in [7, 11) is 1.85. The summed E-state index contributed by atoms with van der Waals surface area (Å²) in [5.41, 5.74) is 6.60. The van der Waals surface area contributed by atoms with E-state index in [9.17, 15) is 4.79 Å². The zero-order valence-corrected chi connectivity index (χ0v) is 11.8. The van der Waals surface area contributed by atoms with Gasteiger partial charge in [-0.1, -0.05) is 11.6 Å². The van der Waals surface area contributed by atoms with E-state index in [2.05, 4.69) is 5.32 Å². The number of halogens is 1. The maximum absolute atomic E-state index is 11.0. The third kappa shape index (κ3) is 3.50. The molecule has 3 N–H and O–H groups in total. The van der Waals surface area contributed by atoms with E-state index in [1.165, 1.54) is 0 Å². The van der Waals surface area contributed by atoms with Crippen molar-refractivity contribution >= 4 is 17.5 Å². The summed E-state index contributed by atoms with van der Waals surface area (Å²) in [4.78, 5) is 11.0. The number of benzene rings is 2. The molecule has 20 heavy (non-hydrogen) atoms. The molecule has 0 aromatic heterocycles. The predicted octanol–water partition coefficient (Wildman–Crippen LogP) is 2.95. The van der Waals surface area contributed by atoms with Gasteiger partial charge in [0.15, 0.2) is 0 Å². The van der Waals surface area contributed by atoms with Crippen LogP contribution in [0.3, 0.4) is 0 Å². The highest BCUT2D eigenvalue weighted by molar-refractivity contribution is 6.30. The van der Waals surface area contributed by atoms with Gasteiger partial charge in [-0.3, -0.25) is 4.79 Å². The van der Waals surface area contributed by atoms with Crippen LogP contribution in [0.15, 0.2) is 42.5 Å². The monoisotopic (exact) mass is 290 g/mol. The van der Waals surface area contributed by atoms with Gasteiger partial charge >= 0.3 is 0 Å². The quantitative estimate of drug-likeness (QED) is 0.890. The first kappa shape index (κ1) is 14.4. The van der Waals surface area contributed by atoms with Gasteiger partial charge in [-0.05, 0) is 49.5 Å². The van der Waals surface area contributed by atoms with Crippen molar-refractivity contribution in [1.82, 2.24) is 5.32 Å². The van der Waals surface area contributed by atoms with Crippen LogP contribution in [0.2, 0.25) is 5.02 Å². The first-order valence-corrected chi connectivity index (χ1v) is 6.48. The Labute approximate surface area is 122 Å². The smallest absolute Gasteiger partial charge is 0.248 e. The van der Waals surface area contributed by atoms with Gasteiger partial charge < -0.3 is 15.8 Å². The van der Waals surface area contributed by atoms with Crippen LogP contribution < -0.4 is 15.8 Å². The molecule has 0 atom stereocenters. The van der Waals surface area contributed by atoms with Crippen LogP contribution in [-0.4, -0.2) is 13.0 Å². The van der Waals surface area contributed by atoms with Crippen LogP contribution in [0.25, 0.3) is 0 Å². The summed E-state index contributed by atoms with van der Waals surface area (Å²) in [6.45, 7) is 0.648. The molecule has 104 valence electrons. The molecule has 2 aromatic rings. The highest BCUT2D eigenvalue weighted by atomic mass is 35.5. The number of nitrogens with one attached hydrogen (secondary N) is 1. The zero-order valence-electron chi connectivity index (χ0n) is 11.0. The Hall–Kier alpha value is -2.04. The molecule has 0 radical (unpaired) electrons. The Morgan fingerprint density at radius 1 is 1.25 bits per heavy atom. The molecular formula is C15H15ClN2O2. The van der Waals surface area contributed by atoms with Crippen LogP contribution in [0.5, 0.6) is 11.5 Å². The van der Waals surface area contributed by atoms with Crippen LogP contribution in [0.4, 0.5) is 0 Å². The number of rotatable bonds is 5. The minimum Gasteiger partial charge on any atom is -0.457 e. The summed E-state index contributed by atoms with van der Waals surface area (Å²) >= 11 is 5.98. The number of nitrogens with two attached hydrogens (primary N) is 1. The fourth-order valence-electron chi connectivity index (χ4n) is 1.79. The summed E-state index contributed by atoms with van der Waals surface area (Å²) in [6.07, 6.45) is 0. The van der Waals surface area contributed by atoms with Gasteiger partial charge in [0, 0.05) is 22.7 Å². The second-order valence-corrected chi connectivity index (χ2v) is 4.71. The maximum atomic E-state index is 11.0. The van der Waals surface area contributed by atoms with E-state index >= 15 is 0 Å². The lowest BCUT2D eigenvalue weighted by molar-refractivity contribution is 0.100. The van der Waals surface area contributed by atoms with E-state index in [1.807, 2.05) is 19.2 Å². The van der Waals surface area contributed by atoms with Crippen molar-refractivity contribution in [2.24, 2.45) is 5.73 Å². The summed E-state index contributed by atoms with van der Waals surface area (Å²) in [6, 6.07) is 12.1. The normalized spacial score (nSPS) is 10.3. The summed E-state index contributed by atoms with van der Waals surface area (Å²) in [5.74, 6) is 0.893. The Morgan fingerprint density at radius 2 is 1.95 bits per heavy atom. The van der Waals surface area contributed by atoms with Crippen LogP contribution in [0, 0.1) is 0 Å². The minimum absolute atomic E-state index is 0.448. The second kappa shape index (κ2) is 6.41. The Kier molecular flexibility index (Phi) is 4.61. The van der Waals surface area contributed by atoms with Crippen molar-refractivity contribution in [3.63, 3.8) is 0 Å². The average Bonchev–Trinajstić information content (AvgIpc) is 2.43. The molecule has 0 aliphatic carbocycles. The van der Waals surface area contributed by atoms with Crippen LogP contribution in [0.1, 0.15) is 15.9 Å². The zero-order chi connectivity index (χ0) is 14.5. The van der Waals surface area contributed by atoms with Crippen LogP contribution >= 0.6 is 11.6 Å². The molecule has 2 aromatic carbocycles. The molecule has 4 nitrogen and oxygen atoms in total. The lowest BCUT2D eigenvalue weighted by Gasteiger charge is -2.11. The molecular weight excluding hydrogens is 276 g/mol. The van der Waals surface area contributed by atoms with E-state index in [1.54, 1.807) is 30.3 Å². The Bertz CT molecular complexity index is 612. The third-order valence-electron chi connectivity index (χ3n) is 2.76. The fourth-order valence-corrected chi connectivity index (χ4v) is 1.99. The van der Waals surface area contributed by atoms with Gasteiger partial charge in [-0.2, -0.15) is 0 Å². The molecule has 0 aliphatic rings. The molecule has 0 spiro atoms. The van der Waals surface area contributed by atoms with Gasteiger partial charge in [0.25, 0.3) is 0 Å². The molecule has 0 bridgehead atoms. The molecule has 0 saturated carbocycles. The first-order chi connectivity index (χ1) is 9.60. The number of carbonyl (C=O) groups excluding carboxylic acids is 1. The number of carbonyl (C=O) groups is 1. The SMILES string of the molecule is CNCc1cc(Cl)ccc1Oc1ccc(C(N)=O)cc1. The molecule has 0 heterocycles. The van der Waals surface area contributed by atoms with Crippen molar-refractivity contribution in [3.8, 4) is 11.5 Å². The number of primary amides is 1. The largest absolute Gasteiger partial charge is 0.457 e. The molecule has 0 fully saturated rings. The van der Waals surface area contributed by atoms with Gasteiger partial charge in [0.2, 0.25) is 5.91 Å². The second-order valence-electron chi connectivity index (χ2n) is 4.27. The first-order valence-electron chi connectivity index (χ1n) is 6.11. The van der Waals surface area contributed by atoms with Crippen molar-refractivity contribution < 1.29 is 9.53 Å². The predicted molar refractivity (Wildman–Crippen MR) is 79.2 cm³/mol. The number of hydrogen-bond donors (Lipinski definition) is 2. The highest BCUT2D eigenvalue weighted by Gasteiger charge is 2.06. The molecule has 0 saturated heterocycles. The van der Waals surface area contributed by atoms with Crippen molar-refractivity contribution in [3.05, 3.63) is 58.6 Å². The van der Waals surface area contributed by atoms with E-state index in [0.29, 0.717) is 22.9 Å². The summed E-state index contributed by atoms with van der Waals surface area (Å²) < 4.78 is 5.80. The van der Waals surface area contributed by atoms with E-state index in [0.717, 1.165) is 11.3 Å². The van der Waals surface area contributed by atoms with Gasteiger partial charge in [0.05, 0.1) is 0 Å². The van der Waals surface area contributed by atoms with Crippen molar-refractivity contribution in [2.45, 2.75) is 6.54 Å². The molecule has 0 unspecified atom stereocenters. The van der Waals surface area contributed by atoms with Crippen molar-refractivity contribution in [1.29, 1.82) is 0 Å².